The predicted molar refractivity (Wildman–Crippen MR) is 341 cm³/mol. The van der Waals surface area contributed by atoms with Crippen LogP contribution in [0, 0.1) is 0 Å². The van der Waals surface area contributed by atoms with Crippen molar-refractivity contribution >= 4 is 5.91 Å². The Bertz CT molecular complexity index is 1080. The maximum atomic E-state index is 12.5. The van der Waals surface area contributed by atoms with Gasteiger partial charge in [-0.3, -0.25) is 4.79 Å². The molecule has 4 heteroatoms. The van der Waals surface area contributed by atoms with Crippen molar-refractivity contribution in [1.82, 2.24) is 5.32 Å². The van der Waals surface area contributed by atoms with E-state index >= 15 is 0 Å². The second-order valence-electron chi connectivity index (χ2n) is 25.0. The van der Waals surface area contributed by atoms with Crippen molar-refractivity contribution < 1.29 is 15.0 Å². The van der Waals surface area contributed by atoms with Gasteiger partial charge in [0, 0.05) is 6.42 Å². The number of allylic oxidation sites excluding steroid dienone is 1. The van der Waals surface area contributed by atoms with E-state index in [4.69, 9.17) is 0 Å². The molecule has 0 heterocycles. The maximum absolute atomic E-state index is 12.5. The van der Waals surface area contributed by atoms with Gasteiger partial charge in [0.15, 0.2) is 0 Å². The van der Waals surface area contributed by atoms with Gasteiger partial charge in [-0.05, 0) is 19.3 Å². The first-order chi connectivity index (χ1) is 37.7. The Labute approximate surface area is 479 Å². The topological polar surface area (TPSA) is 69.6 Å². The minimum Gasteiger partial charge on any atom is -0.394 e. The molecule has 0 aliphatic heterocycles. The van der Waals surface area contributed by atoms with Crippen molar-refractivity contribution in [1.29, 1.82) is 0 Å². The molecule has 0 aliphatic carbocycles. The summed E-state index contributed by atoms with van der Waals surface area (Å²) in [6, 6.07) is -0.620. The molecule has 0 aromatic heterocycles. The van der Waals surface area contributed by atoms with Crippen molar-refractivity contribution in [3.63, 3.8) is 0 Å². The van der Waals surface area contributed by atoms with Crippen LogP contribution in [0.5, 0.6) is 0 Å². The van der Waals surface area contributed by atoms with Gasteiger partial charge < -0.3 is 15.5 Å². The number of carbonyl (C=O) groups excluding carboxylic acids is 1. The molecule has 0 aliphatic rings. The molecule has 0 saturated carbocycles. The van der Waals surface area contributed by atoms with Crippen LogP contribution in [-0.2, 0) is 4.79 Å². The van der Waals surface area contributed by atoms with E-state index in [1.807, 2.05) is 6.08 Å². The van der Waals surface area contributed by atoms with Gasteiger partial charge in [0.1, 0.15) is 0 Å². The van der Waals surface area contributed by atoms with Gasteiger partial charge in [0.25, 0.3) is 0 Å². The Balaban J connectivity index is 3.36. The fourth-order valence-corrected chi connectivity index (χ4v) is 11.8. The average molecular weight is 1070 g/mol. The molecule has 0 fully saturated rings. The van der Waals surface area contributed by atoms with Crippen LogP contribution in [0.25, 0.3) is 0 Å². The number of nitrogens with one attached hydrogen (secondary N) is 1. The van der Waals surface area contributed by atoms with Crippen molar-refractivity contribution in [2.75, 3.05) is 6.61 Å². The summed E-state index contributed by atoms with van der Waals surface area (Å²) in [5, 5.41) is 23.3. The molecule has 0 aromatic rings. The van der Waals surface area contributed by atoms with Gasteiger partial charge >= 0.3 is 0 Å². The number of amides is 1. The molecule has 2 atom stereocenters. The third kappa shape index (κ3) is 64.0. The van der Waals surface area contributed by atoms with E-state index in [0.29, 0.717) is 6.42 Å². The monoisotopic (exact) mass is 1070 g/mol. The zero-order valence-electron chi connectivity index (χ0n) is 52.6. The van der Waals surface area contributed by atoms with Crippen LogP contribution in [0.4, 0.5) is 0 Å². The largest absolute Gasteiger partial charge is 0.394 e. The lowest BCUT2D eigenvalue weighted by atomic mass is 10.0. The molecule has 0 radical (unpaired) electrons. The molecule has 0 aromatic carbocycles. The fraction of sp³-hybridized carbons (Fsp3) is 0.958. The van der Waals surface area contributed by atoms with Crippen LogP contribution in [0.1, 0.15) is 425 Å². The third-order valence-corrected chi connectivity index (χ3v) is 17.3. The first-order valence-electron chi connectivity index (χ1n) is 35.9. The van der Waals surface area contributed by atoms with E-state index in [0.717, 1.165) is 25.7 Å². The van der Waals surface area contributed by atoms with Gasteiger partial charge in [0.2, 0.25) is 5.91 Å². The van der Waals surface area contributed by atoms with Crippen LogP contribution in [0.2, 0.25) is 0 Å². The van der Waals surface area contributed by atoms with E-state index in [9.17, 15) is 15.0 Å². The summed E-state index contributed by atoms with van der Waals surface area (Å²) in [6.07, 6.45) is 91.8. The molecule has 76 heavy (non-hydrogen) atoms. The van der Waals surface area contributed by atoms with E-state index in [1.54, 1.807) is 6.08 Å². The molecule has 3 N–H and O–H groups in total. The van der Waals surface area contributed by atoms with Crippen molar-refractivity contribution in [2.45, 2.75) is 437 Å². The highest BCUT2D eigenvalue weighted by Crippen LogP contribution is 2.20. The van der Waals surface area contributed by atoms with E-state index < -0.39 is 12.1 Å². The first-order valence-corrected chi connectivity index (χ1v) is 35.9. The summed E-state index contributed by atoms with van der Waals surface area (Å²) in [6.45, 7) is 4.37. The molecule has 454 valence electrons. The van der Waals surface area contributed by atoms with E-state index in [1.165, 1.54) is 379 Å². The van der Waals surface area contributed by atoms with Crippen LogP contribution in [0.15, 0.2) is 12.2 Å². The van der Waals surface area contributed by atoms with Crippen molar-refractivity contribution in [3.8, 4) is 0 Å². The molecule has 0 saturated heterocycles. The predicted octanol–water partition coefficient (Wildman–Crippen LogP) is 24.4. The first kappa shape index (κ1) is 75.1. The molecule has 0 spiro atoms. The second kappa shape index (κ2) is 68.4. The third-order valence-electron chi connectivity index (χ3n) is 17.3. The number of rotatable bonds is 68. The van der Waals surface area contributed by atoms with Gasteiger partial charge in [-0.1, -0.05) is 411 Å². The number of hydrogen-bond acceptors (Lipinski definition) is 3. The lowest BCUT2D eigenvalue weighted by Gasteiger charge is -2.20. The maximum Gasteiger partial charge on any atom is 0.220 e. The average Bonchev–Trinajstić information content (AvgIpc) is 3.42. The number of unbranched alkanes of at least 4 members (excludes halogenated alkanes) is 61. The second-order valence-corrected chi connectivity index (χ2v) is 25.0. The lowest BCUT2D eigenvalue weighted by Crippen LogP contribution is -2.45. The summed E-state index contributed by atoms with van der Waals surface area (Å²) in [5.41, 5.74) is 0. The molecule has 2 unspecified atom stereocenters. The smallest absolute Gasteiger partial charge is 0.220 e. The Morgan fingerprint density at radius 2 is 0.487 bits per heavy atom. The summed E-state index contributed by atoms with van der Waals surface area (Å²) in [5.74, 6) is -0.0530. The lowest BCUT2D eigenvalue weighted by molar-refractivity contribution is -0.123. The molecular formula is C72H143NO3. The number of aliphatic hydroxyl groups is 2. The summed E-state index contributed by atoms with van der Waals surface area (Å²) in [4.78, 5) is 12.5. The van der Waals surface area contributed by atoms with Gasteiger partial charge in [-0.15, -0.1) is 0 Å². The number of hydrogen-bond donors (Lipinski definition) is 3. The number of aliphatic hydroxyl groups excluding tert-OH is 2. The number of carbonyl (C=O) groups is 1. The van der Waals surface area contributed by atoms with E-state index in [-0.39, 0.29) is 12.5 Å². The Hall–Kier alpha value is -0.870. The Morgan fingerprint density at radius 3 is 0.684 bits per heavy atom. The molecule has 1 amide bonds. The Kier molecular flexibility index (Phi) is 67.6. The molecule has 0 bridgehead atoms. The highest BCUT2D eigenvalue weighted by atomic mass is 16.3. The van der Waals surface area contributed by atoms with E-state index in [2.05, 4.69) is 19.2 Å². The van der Waals surface area contributed by atoms with Gasteiger partial charge in [-0.2, -0.15) is 0 Å². The van der Waals surface area contributed by atoms with Crippen LogP contribution in [-0.4, -0.2) is 34.9 Å². The van der Waals surface area contributed by atoms with Gasteiger partial charge in [0.05, 0.1) is 18.8 Å². The zero-order valence-corrected chi connectivity index (χ0v) is 52.6. The SMILES string of the molecule is CCCCCCCCCCCCCCCCCCCCCCCCC=CC(O)C(CO)NC(=O)CCCCCCCCCCCCCCCCCCCCCCCCCCCCCCCCCCCCCCCCCC. The summed E-state index contributed by atoms with van der Waals surface area (Å²) in [7, 11) is 0. The minimum atomic E-state index is -0.837. The van der Waals surface area contributed by atoms with Crippen LogP contribution >= 0.6 is 0 Å². The summed E-state index contributed by atoms with van der Waals surface area (Å²) < 4.78 is 0. The fourth-order valence-electron chi connectivity index (χ4n) is 11.8. The molecule has 4 nitrogen and oxygen atoms in total. The standard InChI is InChI=1S/C72H143NO3/c1-3-5-7-9-11-13-15-17-19-21-23-25-27-29-30-31-32-33-34-35-36-37-38-39-40-41-42-43-44-46-48-50-52-54-56-58-60-62-64-66-68-72(76)73-70(69-74)71(75)67-65-63-61-59-57-55-53-51-49-47-45-28-26-24-22-20-18-16-14-12-10-8-6-4-2/h65,67,70-71,74-75H,3-64,66,68-69H2,1-2H3,(H,73,76). The zero-order chi connectivity index (χ0) is 54.8. The minimum absolute atomic E-state index is 0.0530. The Morgan fingerprint density at radius 1 is 0.303 bits per heavy atom. The highest BCUT2D eigenvalue weighted by Gasteiger charge is 2.18. The highest BCUT2D eigenvalue weighted by molar-refractivity contribution is 5.76. The summed E-state index contributed by atoms with van der Waals surface area (Å²) >= 11 is 0. The van der Waals surface area contributed by atoms with Crippen molar-refractivity contribution in [3.05, 3.63) is 12.2 Å². The van der Waals surface area contributed by atoms with Gasteiger partial charge in [-0.25, -0.2) is 0 Å². The molecule has 0 rings (SSSR count). The quantitative estimate of drug-likeness (QED) is 0.0420. The van der Waals surface area contributed by atoms with Crippen LogP contribution < -0.4 is 5.32 Å². The molecular weight excluding hydrogens is 927 g/mol. The van der Waals surface area contributed by atoms with Crippen molar-refractivity contribution in [2.24, 2.45) is 0 Å². The van der Waals surface area contributed by atoms with Crippen LogP contribution in [0.3, 0.4) is 0 Å². The normalized spacial score (nSPS) is 12.6.